The quantitative estimate of drug-likeness (QED) is 0.782. The molecule has 4 nitrogen and oxygen atoms in total. The van der Waals surface area contributed by atoms with E-state index in [0.29, 0.717) is 12.0 Å². The van der Waals surface area contributed by atoms with E-state index < -0.39 is 0 Å². The van der Waals surface area contributed by atoms with Gasteiger partial charge in [0, 0.05) is 18.4 Å². The van der Waals surface area contributed by atoms with Crippen molar-refractivity contribution in [3.63, 3.8) is 0 Å². The van der Waals surface area contributed by atoms with Crippen molar-refractivity contribution in [3.8, 4) is 0 Å². The second-order valence-electron chi connectivity index (χ2n) is 4.13. The minimum Gasteiger partial charge on any atom is -0.366 e. The molecule has 1 aliphatic heterocycles. The number of anilines is 1. The van der Waals surface area contributed by atoms with Crippen molar-refractivity contribution in [3.05, 3.63) is 18.6 Å². The van der Waals surface area contributed by atoms with Crippen LogP contribution in [-0.2, 0) is 0 Å². The molecule has 1 aliphatic rings. The maximum atomic E-state index is 4.22. The third-order valence-electron chi connectivity index (χ3n) is 2.98. The molecular weight excluding hydrogens is 188 g/mol. The van der Waals surface area contributed by atoms with Gasteiger partial charge in [0.2, 0.25) is 0 Å². The van der Waals surface area contributed by atoms with Crippen molar-refractivity contribution in [1.82, 2.24) is 15.3 Å². The predicted octanol–water partition coefficient (Wildman–Crippen LogP) is 1.28. The fraction of sp³-hybridized carbons (Fsp3) is 0.636. The van der Waals surface area contributed by atoms with E-state index in [-0.39, 0.29) is 0 Å². The molecular formula is C11H18N4. The molecule has 1 saturated heterocycles. The van der Waals surface area contributed by atoms with Gasteiger partial charge in [-0.3, -0.25) is 4.98 Å². The van der Waals surface area contributed by atoms with Crippen LogP contribution >= 0.6 is 0 Å². The molecule has 1 fully saturated rings. The molecule has 0 aromatic carbocycles. The second kappa shape index (κ2) is 5.07. The van der Waals surface area contributed by atoms with Crippen LogP contribution in [0.25, 0.3) is 0 Å². The molecule has 82 valence electrons. The molecule has 1 aromatic rings. The maximum absolute atomic E-state index is 4.22. The Morgan fingerprint density at radius 3 is 3.13 bits per heavy atom. The first-order valence-electron chi connectivity index (χ1n) is 5.59. The third kappa shape index (κ3) is 2.89. The highest BCUT2D eigenvalue weighted by atomic mass is 15.0. The van der Waals surface area contributed by atoms with Gasteiger partial charge in [0.1, 0.15) is 5.82 Å². The molecule has 0 spiro atoms. The molecule has 0 bridgehead atoms. The summed E-state index contributed by atoms with van der Waals surface area (Å²) in [5.41, 5.74) is 0. The smallest absolute Gasteiger partial charge is 0.144 e. The Balaban J connectivity index is 1.88. The van der Waals surface area contributed by atoms with Crippen molar-refractivity contribution in [2.75, 3.05) is 18.4 Å². The van der Waals surface area contributed by atoms with E-state index in [2.05, 4.69) is 27.5 Å². The zero-order valence-electron chi connectivity index (χ0n) is 9.11. The lowest BCUT2D eigenvalue weighted by molar-refractivity contribution is 0.346. The highest BCUT2D eigenvalue weighted by Gasteiger charge is 2.19. The van der Waals surface area contributed by atoms with Crippen LogP contribution in [0.5, 0.6) is 0 Å². The van der Waals surface area contributed by atoms with Gasteiger partial charge in [-0.2, -0.15) is 0 Å². The Kier molecular flexibility index (Phi) is 3.50. The minimum absolute atomic E-state index is 0.453. The number of hydrogen-bond acceptors (Lipinski definition) is 4. The van der Waals surface area contributed by atoms with Crippen LogP contribution in [0.3, 0.4) is 0 Å². The van der Waals surface area contributed by atoms with Crippen LogP contribution in [0.1, 0.15) is 19.8 Å². The number of nitrogens with one attached hydrogen (secondary N) is 2. The van der Waals surface area contributed by atoms with E-state index in [4.69, 9.17) is 0 Å². The lowest BCUT2D eigenvalue weighted by Crippen LogP contribution is -2.38. The highest BCUT2D eigenvalue weighted by molar-refractivity contribution is 5.31. The molecule has 2 N–H and O–H groups in total. The zero-order chi connectivity index (χ0) is 10.5. The molecule has 0 aliphatic carbocycles. The first kappa shape index (κ1) is 10.4. The third-order valence-corrected chi connectivity index (χ3v) is 2.98. The van der Waals surface area contributed by atoms with Crippen LogP contribution in [0.2, 0.25) is 0 Å². The Morgan fingerprint density at radius 1 is 1.53 bits per heavy atom. The topological polar surface area (TPSA) is 49.8 Å². The summed E-state index contributed by atoms with van der Waals surface area (Å²) >= 11 is 0. The van der Waals surface area contributed by atoms with Gasteiger partial charge >= 0.3 is 0 Å². The maximum Gasteiger partial charge on any atom is 0.144 e. The molecule has 4 heteroatoms. The van der Waals surface area contributed by atoms with Crippen molar-refractivity contribution in [2.24, 2.45) is 5.92 Å². The molecule has 0 radical (unpaired) electrons. The highest BCUT2D eigenvalue weighted by Crippen LogP contribution is 2.16. The molecule has 2 atom stereocenters. The monoisotopic (exact) mass is 206 g/mol. The molecule has 2 heterocycles. The SMILES string of the molecule is C[C@H](Nc1cnccn1)[C@@H]1CCCNC1. The number of aromatic nitrogens is 2. The van der Waals surface area contributed by atoms with Crippen molar-refractivity contribution in [1.29, 1.82) is 0 Å². The van der Waals surface area contributed by atoms with Crippen LogP contribution in [0.15, 0.2) is 18.6 Å². The van der Waals surface area contributed by atoms with E-state index in [9.17, 15) is 0 Å². The zero-order valence-corrected chi connectivity index (χ0v) is 9.11. The number of nitrogens with zero attached hydrogens (tertiary/aromatic N) is 2. The molecule has 1 aromatic heterocycles. The Labute approximate surface area is 90.5 Å². The van der Waals surface area contributed by atoms with Crippen LogP contribution in [-0.4, -0.2) is 29.1 Å². The summed E-state index contributed by atoms with van der Waals surface area (Å²) in [5, 5.41) is 6.82. The second-order valence-corrected chi connectivity index (χ2v) is 4.13. The summed E-state index contributed by atoms with van der Waals surface area (Å²) in [7, 11) is 0. The van der Waals surface area contributed by atoms with Gasteiger partial charge < -0.3 is 10.6 Å². The van der Waals surface area contributed by atoms with E-state index in [1.54, 1.807) is 18.6 Å². The largest absolute Gasteiger partial charge is 0.366 e. The van der Waals surface area contributed by atoms with Gasteiger partial charge in [0.15, 0.2) is 0 Å². The van der Waals surface area contributed by atoms with Crippen LogP contribution < -0.4 is 10.6 Å². The molecule has 15 heavy (non-hydrogen) atoms. The first-order chi connectivity index (χ1) is 7.36. The average Bonchev–Trinajstić information content (AvgIpc) is 2.31. The van der Waals surface area contributed by atoms with Gasteiger partial charge in [-0.15, -0.1) is 0 Å². The van der Waals surface area contributed by atoms with Gasteiger partial charge in [0.05, 0.1) is 6.20 Å². The van der Waals surface area contributed by atoms with Crippen LogP contribution in [0, 0.1) is 5.92 Å². The molecule has 0 unspecified atom stereocenters. The van der Waals surface area contributed by atoms with E-state index in [1.807, 2.05) is 0 Å². The standard InChI is InChI=1S/C11H18N4/c1-9(10-3-2-4-12-7-10)15-11-8-13-5-6-14-11/h5-6,8-10,12H,2-4,7H2,1H3,(H,14,15)/t9-,10+/m0/s1. The Hall–Kier alpha value is -1.16. The number of piperidine rings is 1. The van der Waals surface area contributed by atoms with Gasteiger partial charge in [-0.25, -0.2) is 4.98 Å². The molecule has 0 saturated carbocycles. The summed E-state index contributed by atoms with van der Waals surface area (Å²) < 4.78 is 0. The lowest BCUT2D eigenvalue weighted by atomic mass is 9.93. The van der Waals surface area contributed by atoms with Crippen molar-refractivity contribution >= 4 is 5.82 Å². The normalized spacial score (nSPS) is 23.4. The predicted molar refractivity (Wildman–Crippen MR) is 60.7 cm³/mol. The first-order valence-corrected chi connectivity index (χ1v) is 5.59. The summed E-state index contributed by atoms with van der Waals surface area (Å²) in [6, 6.07) is 0.453. The summed E-state index contributed by atoms with van der Waals surface area (Å²) in [5.74, 6) is 1.57. The van der Waals surface area contributed by atoms with E-state index in [1.165, 1.54) is 12.8 Å². The molecule has 0 amide bonds. The minimum atomic E-state index is 0.453. The number of rotatable bonds is 3. The van der Waals surface area contributed by atoms with E-state index in [0.717, 1.165) is 18.9 Å². The fourth-order valence-electron chi connectivity index (χ4n) is 2.03. The van der Waals surface area contributed by atoms with E-state index >= 15 is 0 Å². The van der Waals surface area contributed by atoms with Crippen molar-refractivity contribution < 1.29 is 0 Å². The molecule has 2 rings (SSSR count). The Bertz CT molecular complexity index is 282. The van der Waals surface area contributed by atoms with Gasteiger partial charge in [-0.1, -0.05) is 0 Å². The summed E-state index contributed by atoms with van der Waals surface area (Å²) in [6.45, 7) is 4.48. The van der Waals surface area contributed by atoms with Gasteiger partial charge in [0.25, 0.3) is 0 Å². The lowest BCUT2D eigenvalue weighted by Gasteiger charge is -2.29. The summed E-state index contributed by atoms with van der Waals surface area (Å²) in [6.07, 6.45) is 7.75. The van der Waals surface area contributed by atoms with Crippen LogP contribution in [0.4, 0.5) is 5.82 Å². The van der Waals surface area contributed by atoms with Gasteiger partial charge in [-0.05, 0) is 38.8 Å². The number of hydrogen-bond donors (Lipinski definition) is 2. The Morgan fingerprint density at radius 2 is 2.47 bits per heavy atom. The van der Waals surface area contributed by atoms with Crippen molar-refractivity contribution in [2.45, 2.75) is 25.8 Å². The summed E-state index contributed by atoms with van der Waals surface area (Å²) in [4.78, 5) is 8.26. The fourth-order valence-corrected chi connectivity index (χ4v) is 2.03. The average molecular weight is 206 g/mol.